The molecule has 3 aliphatic rings. The molecule has 0 aliphatic carbocycles. The third-order valence-corrected chi connectivity index (χ3v) is 5.77. The van der Waals surface area contributed by atoms with Gasteiger partial charge in [0.25, 0.3) is 0 Å². The number of aryl methyl sites for hydroxylation is 1. The lowest BCUT2D eigenvalue weighted by Crippen LogP contribution is -2.41. The molecule has 4 heterocycles. The van der Waals surface area contributed by atoms with Gasteiger partial charge >= 0.3 is 0 Å². The van der Waals surface area contributed by atoms with Crippen molar-refractivity contribution in [3.05, 3.63) is 53.0 Å². The molecule has 2 aromatic rings. The Morgan fingerprint density at radius 3 is 2.96 bits per heavy atom. The van der Waals surface area contributed by atoms with E-state index < -0.39 is 29.4 Å². The summed E-state index contributed by atoms with van der Waals surface area (Å²) < 4.78 is 24.5. The van der Waals surface area contributed by atoms with Gasteiger partial charge in [-0.05, 0) is 25.1 Å². The summed E-state index contributed by atoms with van der Waals surface area (Å²) in [6, 6.07) is 5.59. The number of benzene rings is 1. The monoisotopic (exact) mass is 403 g/mol. The topological polar surface area (TPSA) is 84.7 Å². The fraction of sp³-hybridized carbons (Fsp3) is 0.316. The number of carbonyl (C=O) groups excluding carboxylic acids is 2. The molecule has 2 fully saturated rings. The zero-order valence-electron chi connectivity index (χ0n) is 14.7. The fourth-order valence-electron chi connectivity index (χ4n) is 4.27. The van der Waals surface area contributed by atoms with Crippen LogP contribution in [0.4, 0.5) is 15.9 Å². The van der Waals surface area contributed by atoms with Crippen LogP contribution in [0.5, 0.6) is 0 Å². The van der Waals surface area contributed by atoms with Gasteiger partial charge in [0.15, 0.2) is 5.82 Å². The van der Waals surface area contributed by atoms with E-state index in [2.05, 4.69) is 10.5 Å². The van der Waals surface area contributed by atoms with Crippen LogP contribution in [0.25, 0.3) is 0 Å². The molecule has 144 valence electrons. The third-order valence-electron chi connectivity index (χ3n) is 5.48. The molecule has 1 aromatic heterocycles. The summed E-state index contributed by atoms with van der Waals surface area (Å²) in [5, 5.41) is 6.53. The van der Waals surface area contributed by atoms with Crippen LogP contribution in [0, 0.1) is 24.6 Å². The largest absolute Gasteiger partial charge is 0.360 e. The van der Waals surface area contributed by atoms with Crippen molar-refractivity contribution in [1.82, 2.24) is 5.16 Å². The Balaban J connectivity index is 1.43. The molecule has 2 amide bonds. The van der Waals surface area contributed by atoms with Crippen molar-refractivity contribution < 1.29 is 23.2 Å². The lowest BCUT2D eigenvalue weighted by molar-refractivity contribution is -0.128. The van der Waals surface area contributed by atoms with Crippen LogP contribution >= 0.6 is 11.6 Å². The lowest BCUT2D eigenvalue weighted by Gasteiger charge is -2.23. The summed E-state index contributed by atoms with van der Waals surface area (Å²) in [6.45, 7) is 2.00. The van der Waals surface area contributed by atoms with E-state index in [9.17, 15) is 14.0 Å². The summed E-state index contributed by atoms with van der Waals surface area (Å²) in [4.78, 5) is 27.6. The molecule has 4 atom stereocenters. The quantitative estimate of drug-likeness (QED) is 0.796. The summed E-state index contributed by atoms with van der Waals surface area (Å²) in [7, 11) is 0. The first-order valence-electron chi connectivity index (χ1n) is 8.76. The van der Waals surface area contributed by atoms with E-state index in [0.717, 1.165) is 0 Å². The summed E-state index contributed by atoms with van der Waals surface area (Å²) in [6.07, 6.45) is 3.17. The molecule has 1 N–H and O–H groups in total. The number of halogens is 2. The average Bonchev–Trinajstić information content (AvgIpc) is 3.39. The molecule has 9 heteroatoms. The van der Waals surface area contributed by atoms with Gasteiger partial charge in [0.1, 0.15) is 17.2 Å². The molecule has 7 nitrogen and oxygen atoms in total. The molecule has 2 saturated heterocycles. The smallest absolute Gasteiger partial charge is 0.235 e. The van der Waals surface area contributed by atoms with Crippen LogP contribution in [-0.4, -0.2) is 35.2 Å². The van der Waals surface area contributed by atoms with Gasteiger partial charge < -0.3 is 14.6 Å². The maximum atomic E-state index is 13.4. The predicted molar refractivity (Wildman–Crippen MR) is 97.4 cm³/mol. The molecule has 2 bridgehead atoms. The second-order valence-corrected chi connectivity index (χ2v) is 7.65. The fourth-order valence-corrected chi connectivity index (χ4v) is 4.45. The van der Waals surface area contributed by atoms with Gasteiger partial charge in [0, 0.05) is 11.8 Å². The number of nitrogens with one attached hydrogen (secondary N) is 1. The summed E-state index contributed by atoms with van der Waals surface area (Å²) in [5.41, 5.74) is -0.511. The van der Waals surface area contributed by atoms with Crippen LogP contribution in [0.3, 0.4) is 0 Å². The number of carbonyl (C=O) groups is 2. The van der Waals surface area contributed by atoms with E-state index in [1.807, 2.05) is 12.2 Å². The Hall–Kier alpha value is -2.71. The maximum absolute atomic E-state index is 13.4. The highest BCUT2D eigenvalue weighted by Crippen LogP contribution is 2.52. The van der Waals surface area contributed by atoms with E-state index in [1.165, 1.54) is 23.1 Å². The van der Waals surface area contributed by atoms with Crippen molar-refractivity contribution in [2.24, 2.45) is 11.8 Å². The third kappa shape index (κ3) is 2.41. The Labute approximate surface area is 164 Å². The first-order chi connectivity index (χ1) is 13.4. The van der Waals surface area contributed by atoms with Gasteiger partial charge in [0.2, 0.25) is 11.8 Å². The number of hydrogen-bond acceptors (Lipinski definition) is 5. The van der Waals surface area contributed by atoms with Gasteiger partial charge in [-0.15, -0.1) is 0 Å². The number of nitrogens with zero attached hydrogens (tertiary/aromatic N) is 2. The highest BCUT2D eigenvalue weighted by atomic mass is 35.5. The first kappa shape index (κ1) is 17.4. The van der Waals surface area contributed by atoms with Gasteiger partial charge in [0.05, 0.1) is 29.5 Å². The van der Waals surface area contributed by atoms with E-state index in [-0.39, 0.29) is 23.4 Å². The molecular weight excluding hydrogens is 389 g/mol. The number of rotatable bonds is 3. The normalized spacial score (nSPS) is 30.2. The van der Waals surface area contributed by atoms with Crippen molar-refractivity contribution in [3.63, 3.8) is 0 Å². The van der Waals surface area contributed by atoms with E-state index in [1.54, 1.807) is 13.0 Å². The number of ether oxygens (including phenoxy) is 1. The van der Waals surface area contributed by atoms with Gasteiger partial charge in [-0.3, -0.25) is 14.5 Å². The molecule has 0 unspecified atom stereocenters. The Morgan fingerprint density at radius 2 is 2.25 bits per heavy atom. The molecule has 0 radical (unpaired) electrons. The number of hydrogen-bond donors (Lipinski definition) is 1. The molecular formula is C19H15ClFN3O4. The van der Waals surface area contributed by atoms with Crippen LogP contribution in [0.1, 0.15) is 5.76 Å². The number of aromatic nitrogens is 1. The molecule has 5 rings (SSSR count). The molecule has 1 spiro atoms. The predicted octanol–water partition coefficient (Wildman–Crippen LogP) is 2.70. The highest BCUT2D eigenvalue weighted by molar-refractivity contribution is 6.31. The van der Waals surface area contributed by atoms with Crippen LogP contribution < -0.4 is 10.2 Å². The summed E-state index contributed by atoms with van der Waals surface area (Å²) >= 11 is 5.78. The molecule has 1 aromatic carbocycles. The molecule has 0 saturated carbocycles. The number of amides is 2. The van der Waals surface area contributed by atoms with Crippen molar-refractivity contribution in [1.29, 1.82) is 0 Å². The van der Waals surface area contributed by atoms with Crippen LogP contribution in [-0.2, 0) is 14.3 Å². The Kier molecular flexibility index (Phi) is 3.66. The minimum atomic E-state index is -0.864. The minimum absolute atomic E-state index is 0.0946. The van der Waals surface area contributed by atoms with Crippen LogP contribution in [0.15, 0.2) is 40.9 Å². The van der Waals surface area contributed by atoms with Gasteiger partial charge in [-0.2, -0.15) is 0 Å². The van der Waals surface area contributed by atoms with Crippen molar-refractivity contribution in [2.45, 2.75) is 18.6 Å². The molecule has 28 heavy (non-hydrogen) atoms. The average molecular weight is 404 g/mol. The first-order valence-corrected chi connectivity index (χ1v) is 9.13. The van der Waals surface area contributed by atoms with E-state index >= 15 is 0 Å². The Morgan fingerprint density at radius 1 is 1.43 bits per heavy atom. The van der Waals surface area contributed by atoms with Crippen molar-refractivity contribution in [2.75, 3.05) is 16.8 Å². The number of fused-ring (bicyclic) bond motifs is 1. The van der Waals surface area contributed by atoms with Crippen molar-refractivity contribution in [3.8, 4) is 0 Å². The highest BCUT2D eigenvalue weighted by Gasteiger charge is 2.67. The zero-order chi connectivity index (χ0) is 19.6. The van der Waals surface area contributed by atoms with E-state index in [4.69, 9.17) is 20.9 Å². The summed E-state index contributed by atoms with van der Waals surface area (Å²) in [5.74, 6) is -1.59. The second-order valence-electron chi connectivity index (χ2n) is 7.24. The lowest BCUT2D eigenvalue weighted by atomic mass is 9.77. The SMILES string of the molecule is Cc1cc(N2C[C@]34C=C[C@H](O3)[C@H](C(=O)Nc3ccc(F)c(Cl)c3)[C@H]4C2=O)no1. The molecule has 3 aliphatic heterocycles. The standard InChI is InChI=1S/C19H15ClFN3O4/c1-9-6-14(23-28-9)24-8-19-5-4-13(27-19)15(16(19)18(24)26)17(25)22-10-2-3-12(21)11(20)7-10/h2-7,13,15-16H,8H2,1H3,(H,22,25)/t13-,15-,16-,19-/m0/s1. The van der Waals surface area contributed by atoms with Gasteiger partial charge in [-0.25, -0.2) is 4.39 Å². The second kappa shape index (κ2) is 5.89. The Bertz CT molecular complexity index is 1040. The van der Waals surface area contributed by atoms with E-state index in [0.29, 0.717) is 17.3 Å². The zero-order valence-corrected chi connectivity index (χ0v) is 15.4. The van der Waals surface area contributed by atoms with Crippen molar-refractivity contribution >= 4 is 34.9 Å². The van der Waals surface area contributed by atoms with Gasteiger partial charge in [-0.1, -0.05) is 28.9 Å². The van der Waals surface area contributed by atoms with Crippen LogP contribution in [0.2, 0.25) is 5.02 Å². The number of anilines is 2. The maximum Gasteiger partial charge on any atom is 0.235 e. The minimum Gasteiger partial charge on any atom is -0.360 e.